The van der Waals surface area contributed by atoms with Crippen molar-refractivity contribution in [2.24, 2.45) is 0 Å². The molecule has 0 saturated heterocycles. The molecule has 1 aliphatic rings. The molecule has 1 heterocycles. The third-order valence-electron chi connectivity index (χ3n) is 4.73. The van der Waals surface area contributed by atoms with Crippen molar-refractivity contribution in [2.45, 2.75) is 33.3 Å². The summed E-state index contributed by atoms with van der Waals surface area (Å²) in [4.78, 5) is 12.5. The molecule has 6 nitrogen and oxygen atoms in total. The van der Waals surface area contributed by atoms with Gasteiger partial charge in [-0.25, -0.2) is 0 Å². The summed E-state index contributed by atoms with van der Waals surface area (Å²) in [6.07, 6.45) is 4.23. The van der Waals surface area contributed by atoms with Gasteiger partial charge in [-0.05, 0) is 50.6 Å². The molecule has 154 valence electrons. The van der Waals surface area contributed by atoms with Gasteiger partial charge < -0.3 is 24.3 Å². The van der Waals surface area contributed by atoms with E-state index in [1.807, 2.05) is 39.0 Å². The number of anilines is 1. The molecule has 29 heavy (non-hydrogen) atoms. The zero-order valence-electron chi connectivity index (χ0n) is 17.5. The number of ether oxygens (including phenoxy) is 4. The highest BCUT2D eigenvalue weighted by molar-refractivity contribution is 6.02. The molecule has 0 saturated carbocycles. The lowest BCUT2D eigenvalue weighted by atomic mass is 10.1. The zero-order valence-corrected chi connectivity index (χ0v) is 17.5. The van der Waals surface area contributed by atoms with Crippen LogP contribution in [0.25, 0.3) is 6.08 Å². The first kappa shape index (κ1) is 20.6. The zero-order chi connectivity index (χ0) is 21.0. The molecule has 6 heteroatoms. The van der Waals surface area contributed by atoms with Crippen LogP contribution in [0.15, 0.2) is 30.3 Å². The maximum absolute atomic E-state index is 12.5. The molecule has 0 radical (unpaired) electrons. The van der Waals surface area contributed by atoms with E-state index in [2.05, 4.69) is 5.32 Å². The van der Waals surface area contributed by atoms with Gasteiger partial charge in [0, 0.05) is 35.4 Å². The van der Waals surface area contributed by atoms with E-state index in [1.165, 1.54) is 6.08 Å². The van der Waals surface area contributed by atoms with E-state index in [1.54, 1.807) is 26.4 Å². The van der Waals surface area contributed by atoms with Gasteiger partial charge >= 0.3 is 0 Å². The number of fused-ring (bicyclic) bond motifs is 1. The van der Waals surface area contributed by atoms with Gasteiger partial charge in [-0.1, -0.05) is 0 Å². The predicted molar refractivity (Wildman–Crippen MR) is 113 cm³/mol. The quantitative estimate of drug-likeness (QED) is 0.702. The summed E-state index contributed by atoms with van der Waals surface area (Å²) in [6, 6.07) is 7.49. The van der Waals surface area contributed by atoms with E-state index in [4.69, 9.17) is 18.9 Å². The minimum atomic E-state index is -0.252. The van der Waals surface area contributed by atoms with E-state index in [-0.39, 0.29) is 12.0 Å². The topological polar surface area (TPSA) is 66.0 Å². The molecular weight excluding hydrogens is 370 g/mol. The van der Waals surface area contributed by atoms with E-state index >= 15 is 0 Å². The SMILES string of the molecule is CCOc1cc2c(cc1/C=C/C(=O)Nc1cc(OC)c(OC)cc1C)OC(C)C2. The summed E-state index contributed by atoms with van der Waals surface area (Å²) in [6.45, 7) is 6.42. The minimum Gasteiger partial charge on any atom is -0.493 e. The Morgan fingerprint density at radius 3 is 2.59 bits per heavy atom. The van der Waals surface area contributed by atoms with Crippen LogP contribution in [0, 0.1) is 6.92 Å². The average Bonchev–Trinajstić information content (AvgIpc) is 3.06. The van der Waals surface area contributed by atoms with Crippen LogP contribution in [-0.2, 0) is 11.2 Å². The van der Waals surface area contributed by atoms with Crippen molar-refractivity contribution in [2.75, 3.05) is 26.1 Å². The molecule has 0 bridgehead atoms. The van der Waals surface area contributed by atoms with Crippen molar-refractivity contribution in [3.63, 3.8) is 0 Å². The Labute approximate surface area is 171 Å². The Morgan fingerprint density at radius 2 is 1.90 bits per heavy atom. The molecule has 0 fully saturated rings. The number of methoxy groups -OCH3 is 2. The van der Waals surface area contributed by atoms with E-state index in [0.29, 0.717) is 23.8 Å². The predicted octanol–water partition coefficient (Wildman–Crippen LogP) is 4.39. The summed E-state index contributed by atoms with van der Waals surface area (Å²) in [7, 11) is 3.14. The van der Waals surface area contributed by atoms with Gasteiger partial charge in [-0.2, -0.15) is 0 Å². The smallest absolute Gasteiger partial charge is 0.248 e. The monoisotopic (exact) mass is 397 g/mol. The Kier molecular flexibility index (Phi) is 6.32. The summed E-state index contributed by atoms with van der Waals surface area (Å²) in [5.41, 5.74) is 3.47. The van der Waals surface area contributed by atoms with Crippen LogP contribution in [-0.4, -0.2) is 32.8 Å². The molecule has 1 aliphatic heterocycles. The number of carbonyl (C=O) groups excluding carboxylic acids is 1. The van der Waals surface area contributed by atoms with Crippen LogP contribution < -0.4 is 24.3 Å². The number of rotatable bonds is 7. The lowest BCUT2D eigenvalue weighted by molar-refractivity contribution is -0.111. The molecule has 0 aromatic heterocycles. The highest BCUT2D eigenvalue weighted by Gasteiger charge is 2.21. The third-order valence-corrected chi connectivity index (χ3v) is 4.73. The fourth-order valence-electron chi connectivity index (χ4n) is 3.32. The summed E-state index contributed by atoms with van der Waals surface area (Å²) >= 11 is 0. The molecule has 1 amide bonds. The Hall–Kier alpha value is -3.15. The number of hydrogen-bond donors (Lipinski definition) is 1. The lowest BCUT2D eigenvalue weighted by Crippen LogP contribution is -2.09. The Balaban J connectivity index is 1.80. The van der Waals surface area contributed by atoms with Gasteiger partial charge in [0.25, 0.3) is 0 Å². The second-order valence-corrected chi connectivity index (χ2v) is 6.91. The first-order valence-corrected chi connectivity index (χ1v) is 9.63. The van der Waals surface area contributed by atoms with Crippen LogP contribution in [0.4, 0.5) is 5.69 Å². The number of hydrogen-bond acceptors (Lipinski definition) is 5. The number of amides is 1. The summed E-state index contributed by atoms with van der Waals surface area (Å²) < 4.78 is 22.2. The molecule has 0 aliphatic carbocycles. The second-order valence-electron chi connectivity index (χ2n) is 6.91. The first-order chi connectivity index (χ1) is 13.9. The van der Waals surface area contributed by atoms with Gasteiger partial charge in [0.1, 0.15) is 17.6 Å². The van der Waals surface area contributed by atoms with Crippen LogP contribution in [0.5, 0.6) is 23.0 Å². The van der Waals surface area contributed by atoms with Gasteiger partial charge in [0.15, 0.2) is 11.5 Å². The van der Waals surface area contributed by atoms with Crippen molar-refractivity contribution in [3.05, 3.63) is 47.0 Å². The fraction of sp³-hybridized carbons (Fsp3) is 0.348. The maximum Gasteiger partial charge on any atom is 0.248 e. The summed E-state index contributed by atoms with van der Waals surface area (Å²) in [5, 5.41) is 2.88. The van der Waals surface area contributed by atoms with Crippen molar-refractivity contribution in [1.82, 2.24) is 0 Å². The first-order valence-electron chi connectivity index (χ1n) is 9.63. The minimum absolute atomic E-state index is 0.148. The van der Waals surface area contributed by atoms with Crippen LogP contribution in [0.3, 0.4) is 0 Å². The Morgan fingerprint density at radius 1 is 1.17 bits per heavy atom. The van der Waals surface area contributed by atoms with Crippen molar-refractivity contribution >= 4 is 17.7 Å². The molecule has 1 N–H and O–H groups in total. The van der Waals surface area contributed by atoms with Crippen molar-refractivity contribution in [1.29, 1.82) is 0 Å². The molecule has 1 atom stereocenters. The molecule has 1 unspecified atom stereocenters. The van der Waals surface area contributed by atoms with Crippen molar-refractivity contribution in [3.8, 4) is 23.0 Å². The molecule has 2 aromatic rings. The molecule has 3 rings (SSSR count). The van der Waals surface area contributed by atoms with Gasteiger partial charge in [0.05, 0.1) is 20.8 Å². The number of aryl methyl sites for hydroxylation is 1. The highest BCUT2D eigenvalue weighted by atomic mass is 16.5. The lowest BCUT2D eigenvalue weighted by Gasteiger charge is -2.13. The number of carbonyl (C=O) groups is 1. The molecule has 0 spiro atoms. The molecule has 2 aromatic carbocycles. The fourth-order valence-corrected chi connectivity index (χ4v) is 3.32. The molecular formula is C23H27NO5. The van der Waals surface area contributed by atoms with Gasteiger partial charge in [-0.15, -0.1) is 0 Å². The van der Waals surface area contributed by atoms with E-state index in [0.717, 1.165) is 34.6 Å². The van der Waals surface area contributed by atoms with E-state index in [9.17, 15) is 4.79 Å². The van der Waals surface area contributed by atoms with Crippen molar-refractivity contribution < 1.29 is 23.7 Å². The second kappa shape index (κ2) is 8.90. The third kappa shape index (κ3) is 4.65. The van der Waals surface area contributed by atoms with Crippen LogP contribution in [0.2, 0.25) is 0 Å². The van der Waals surface area contributed by atoms with Crippen LogP contribution in [0.1, 0.15) is 30.5 Å². The summed E-state index contributed by atoms with van der Waals surface area (Å²) in [5.74, 6) is 2.51. The Bertz CT molecular complexity index is 935. The van der Waals surface area contributed by atoms with Gasteiger partial charge in [-0.3, -0.25) is 4.79 Å². The number of benzene rings is 2. The van der Waals surface area contributed by atoms with Gasteiger partial charge in [0.2, 0.25) is 5.91 Å². The number of nitrogens with one attached hydrogen (secondary N) is 1. The van der Waals surface area contributed by atoms with Crippen LogP contribution >= 0.6 is 0 Å². The average molecular weight is 397 g/mol. The maximum atomic E-state index is 12.5. The largest absolute Gasteiger partial charge is 0.493 e. The highest BCUT2D eigenvalue weighted by Crippen LogP contribution is 2.36. The van der Waals surface area contributed by atoms with E-state index < -0.39 is 0 Å². The standard InChI is InChI=1S/C23H27NO5/c1-6-28-19-12-17-10-15(3)29-20(17)11-16(19)7-8-23(25)24-18-13-22(27-5)21(26-4)9-14(18)2/h7-9,11-13,15H,6,10H2,1-5H3,(H,24,25)/b8-7+. The normalized spacial score (nSPS) is 15.0.